The number of carbonyl (C=O) groups excluding carboxylic acids is 3. The standard InChI is InChI=1S/C8H11.3CH2O.Mn/c1-3-8-6-4-5-7(8)2;3*1-2;/h5H,3-4H2,1-2H3;3*1H2;/q-1;;;;. The van der Waals surface area contributed by atoms with E-state index in [0.29, 0.717) is 0 Å². The first kappa shape index (κ1) is 23.7. The Hall–Kier alpha value is -0.991. The molecule has 0 amide bonds. The molecule has 0 spiro atoms. The fourth-order valence-corrected chi connectivity index (χ4v) is 0.994. The van der Waals surface area contributed by atoms with Crippen LogP contribution in [-0.2, 0) is 31.5 Å². The van der Waals surface area contributed by atoms with Gasteiger partial charge < -0.3 is 14.4 Å². The summed E-state index contributed by atoms with van der Waals surface area (Å²) in [5.41, 5.74) is 2.83. The van der Waals surface area contributed by atoms with Gasteiger partial charge in [-0.1, -0.05) is 13.3 Å². The van der Waals surface area contributed by atoms with Gasteiger partial charge in [-0.15, -0.1) is 13.3 Å². The van der Waals surface area contributed by atoms with Crippen LogP contribution < -0.4 is 0 Å². The van der Waals surface area contributed by atoms with Crippen molar-refractivity contribution in [1.29, 1.82) is 0 Å². The van der Waals surface area contributed by atoms with Gasteiger partial charge >= 0.3 is 0 Å². The zero-order valence-electron chi connectivity index (χ0n) is 9.22. The van der Waals surface area contributed by atoms with Crippen molar-refractivity contribution >= 4 is 20.4 Å². The molecule has 0 bridgehead atoms. The summed E-state index contributed by atoms with van der Waals surface area (Å²) in [6, 6.07) is 0. The van der Waals surface area contributed by atoms with E-state index in [9.17, 15) is 0 Å². The van der Waals surface area contributed by atoms with Crippen molar-refractivity contribution in [2.24, 2.45) is 0 Å². The molecule has 87 valence electrons. The molecule has 0 aromatic carbocycles. The second kappa shape index (κ2) is 23.1. The number of carbonyl (C=O) groups is 3. The minimum absolute atomic E-state index is 0. The van der Waals surface area contributed by atoms with Crippen LogP contribution in [0, 0.1) is 6.08 Å². The average Bonchev–Trinajstić information content (AvgIpc) is 2.72. The molecule has 1 aliphatic carbocycles. The third-order valence-corrected chi connectivity index (χ3v) is 1.55. The van der Waals surface area contributed by atoms with E-state index in [1.807, 2.05) is 20.4 Å². The van der Waals surface area contributed by atoms with Crippen LogP contribution in [0.5, 0.6) is 0 Å². The van der Waals surface area contributed by atoms with Crippen LogP contribution in [0.4, 0.5) is 0 Å². The van der Waals surface area contributed by atoms with Crippen LogP contribution in [-0.4, -0.2) is 20.4 Å². The van der Waals surface area contributed by atoms with Crippen LogP contribution in [0.2, 0.25) is 0 Å². The minimum Gasteiger partial charge on any atom is -0.307 e. The first-order chi connectivity index (χ1) is 6.84. The molecule has 3 nitrogen and oxygen atoms in total. The Bertz CT molecular complexity index is 184. The van der Waals surface area contributed by atoms with Gasteiger partial charge in [0.25, 0.3) is 0 Å². The van der Waals surface area contributed by atoms with Gasteiger partial charge in [0.05, 0.1) is 0 Å². The first-order valence-electron chi connectivity index (χ1n) is 3.98. The fraction of sp³-hybridized carbons (Fsp3) is 0.364. The van der Waals surface area contributed by atoms with E-state index >= 15 is 0 Å². The minimum atomic E-state index is 0. The van der Waals surface area contributed by atoms with E-state index < -0.39 is 0 Å². The third-order valence-electron chi connectivity index (χ3n) is 1.55. The van der Waals surface area contributed by atoms with Crippen molar-refractivity contribution in [3.8, 4) is 0 Å². The third kappa shape index (κ3) is 13.0. The van der Waals surface area contributed by atoms with Gasteiger partial charge in [0, 0.05) is 17.1 Å². The van der Waals surface area contributed by atoms with Gasteiger partial charge in [0.15, 0.2) is 0 Å². The number of hydrogen-bond acceptors (Lipinski definition) is 3. The predicted octanol–water partition coefficient (Wildman–Crippen LogP) is 1.92. The fourth-order valence-electron chi connectivity index (χ4n) is 0.994. The molecule has 0 heterocycles. The molecule has 4 heteroatoms. The first-order valence-corrected chi connectivity index (χ1v) is 3.98. The Morgan fingerprint density at radius 3 is 1.73 bits per heavy atom. The molecule has 1 rings (SSSR count). The molecule has 0 unspecified atom stereocenters. The van der Waals surface area contributed by atoms with Crippen molar-refractivity contribution in [3.05, 3.63) is 23.3 Å². The second-order valence-corrected chi connectivity index (χ2v) is 2.10. The van der Waals surface area contributed by atoms with Gasteiger partial charge in [0.2, 0.25) is 0 Å². The van der Waals surface area contributed by atoms with Gasteiger partial charge in [-0.25, -0.2) is 11.1 Å². The zero-order valence-corrected chi connectivity index (χ0v) is 10.4. The number of hydrogen-bond donors (Lipinski definition) is 0. The molecule has 1 radical (unpaired) electrons. The van der Waals surface area contributed by atoms with Crippen molar-refractivity contribution in [3.63, 3.8) is 0 Å². The second-order valence-electron chi connectivity index (χ2n) is 2.10. The molecule has 0 saturated heterocycles. The molecular formula is C11H17MnO3-. The Morgan fingerprint density at radius 2 is 1.60 bits per heavy atom. The molecule has 0 saturated carbocycles. The normalized spacial score (nSPS) is 10.5. The molecule has 15 heavy (non-hydrogen) atoms. The Morgan fingerprint density at radius 1 is 1.20 bits per heavy atom. The number of rotatable bonds is 1. The molecular weight excluding hydrogens is 235 g/mol. The summed E-state index contributed by atoms with van der Waals surface area (Å²) >= 11 is 0. The van der Waals surface area contributed by atoms with E-state index in [2.05, 4.69) is 26.0 Å². The van der Waals surface area contributed by atoms with Crippen LogP contribution >= 0.6 is 0 Å². The van der Waals surface area contributed by atoms with Crippen LogP contribution in [0.15, 0.2) is 17.2 Å². The summed E-state index contributed by atoms with van der Waals surface area (Å²) in [5, 5.41) is 0. The van der Waals surface area contributed by atoms with Crippen molar-refractivity contribution in [2.75, 3.05) is 0 Å². The smallest absolute Gasteiger partial charge is 0.106 e. The Kier molecular flexibility index (Phi) is 36.5. The summed E-state index contributed by atoms with van der Waals surface area (Å²) in [6.07, 6.45) is 7.68. The van der Waals surface area contributed by atoms with E-state index in [-0.39, 0.29) is 17.1 Å². The van der Waals surface area contributed by atoms with E-state index in [1.165, 1.54) is 11.1 Å². The van der Waals surface area contributed by atoms with Gasteiger partial charge in [-0.2, -0.15) is 6.08 Å². The topological polar surface area (TPSA) is 51.2 Å². The maximum Gasteiger partial charge on any atom is 0.106 e. The van der Waals surface area contributed by atoms with Gasteiger partial charge in [-0.3, -0.25) is 6.08 Å². The Balaban J connectivity index is -0.0000000755. The van der Waals surface area contributed by atoms with E-state index in [1.54, 1.807) is 0 Å². The Labute approximate surface area is 102 Å². The zero-order chi connectivity index (χ0) is 12.0. The summed E-state index contributed by atoms with van der Waals surface area (Å²) < 4.78 is 0. The van der Waals surface area contributed by atoms with Crippen molar-refractivity contribution < 1.29 is 31.5 Å². The molecule has 0 aliphatic heterocycles. The predicted molar refractivity (Wildman–Crippen MR) is 56.8 cm³/mol. The quantitative estimate of drug-likeness (QED) is 0.529. The maximum atomic E-state index is 8.00. The summed E-state index contributed by atoms with van der Waals surface area (Å²) in [7, 11) is 0. The monoisotopic (exact) mass is 252 g/mol. The van der Waals surface area contributed by atoms with Crippen LogP contribution in [0.1, 0.15) is 26.7 Å². The van der Waals surface area contributed by atoms with Crippen LogP contribution in [0.3, 0.4) is 0 Å². The largest absolute Gasteiger partial charge is 0.307 e. The molecule has 0 N–H and O–H groups in total. The van der Waals surface area contributed by atoms with Crippen molar-refractivity contribution in [1.82, 2.24) is 0 Å². The van der Waals surface area contributed by atoms with Crippen LogP contribution in [0.25, 0.3) is 0 Å². The summed E-state index contributed by atoms with van der Waals surface area (Å²) in [6.45, 7) is 10.3. The maximum absolute atomic E-state index is 8.00. The van der Waals surface area contributed by atoms with Crippen molar-refractivity contribution in [2.45, 2.75) is 26.7 Å². The van der Waals surface area contributed by atoms with E-state index in [0.717, 1.165) is 12.8 Å². The molecule has 0 fully saturated rings. The summed E-state index contributed by atoms with van der Waals surface area (Å²) in [5.74, 6) is 0. The SMILES string of the molecule is C=O.C=O.C=O.CCC1=[C-]CC=C1C.[Mn]. The molecule has 0 atom stereocenters. The molecule has 0 aromatic rings. The molecule has 0 aromatic heterocycles. The molecule has 1 aliphatic rings. The van der Waals surface area contributed by atoms with E-state index in [4.69, 9.17) is 14.4 Å². The average molecular weight is 252 g/mol. The number of allylic oxidation sites excluding steroid dienone is 4. The van der Waals surface area contributed by atoms with Gasteiger partial charge in [0.1, 0.15) is 20.4 Å². The summed E-state index contributed by atoms with van der Waals surface area (Å²) in [4.78, 5) is 24.0. The van der Waals surface area contributed by atoms with Gasteiger partial charge in [-0.05, 0) is 0 Å².